The summed E-state index contributed by atoms with van der Waals surface area (Å²) in [7, 11) is 0. The smallest absolute Gasteiger partial charge is 0.306 e. The first kappa shape index (κ1) is 21.9. The van der Waals surface area contributed by atoms with E-state index in [2.05, 4.69) is 24.4 Å². The third-order valence-electron chi connectivity index (χ3n) is 5.75. The molecule has 0 atom stereocenters. The molecule has 0 bridgehead atoms. The van der Waals surface area contributed by atoms with Crippen molar-refractivity contribution in [3.05, 3.63) is 35.9 Å². The third kappa shape index (κ3) is 8.04. The number of hydrogen-bond acceptors (Lipinski definition) is 3. The summed E-state index contributed by atoms with van der Waals surface area (Å²) in [6.45, 7) is 4.07. The number of ether oxygens (including phenoxy) is 1. The van der Waals surface area contributed by atoms with Crippen molar-refractivity contribution in [1.29, 1.82) is 0 Å². The molecule has 1 aliphatic heterocycles. The SMILES string of the molecule is CCCCCCCCCCCCC(=O)OC1(c2ccccc2)CCNCC1. The average molecular weight is 374 g/mol. The summed E-state index contributed by atoms with van der Waals surface area (Å²) in [6, 6.07) is 10.3. The van der Waals surface area contributed by atoms with Crippen molar-refractivity contribution in [3.63, 3.8) is 0 Å². The second kappa shape index (κ2) is 12.9. The maximum atomic E-state index is 12.5. The van der Waals surface area contributed by atoms with Crippen LogP contribution in [-0.4, -0.2) is 19.1 Å². The fourth-order valence-electron chi connectivity index (χ4n) is 4.05. The summed E-state index contributed by atoms with van der Waals surface area (Å²) in [6.07, 6.45) is 15.1. The molecule has 2 rings (SSSR count). The molecule has 152 valence electrons. The fourth-order valence-corrected chi connectivity index (χ4v) is 4.05. The van der Waals surface area contributed by atoms with Crippen molar-refractivity contribution in [1.82, 2.24) is 5.32 Å². The molecule has 0 saturated carbocycles. The lowest BCUT2D eigenvalue weighted by atomic mass is 9.84. The normalized spacial score (nSPS) is 16.2. The molecule has 1 fully saturated rings. The van der Waals surface area contributed by atoms with Crippen LogP contribution in [0.1, 0.15) is 96.0 Å². The number of benzene rings is 1. The molecule has 3 nitrogen and oxygen atoms in total. The summed E-state index contributed by atoms with van der Waals surface area (Å²) in [5.41, 5.74) is 0.713. The highest BCUT2D eigenvalue weighted by atomic mass is 16.6. The molecule has 1 saturated heterocycles. The largest absolute Gasteiger partial charge is 0.454 e. The summed E-state index contributed by atoms with van der Waals surface area (Å²) < 4.78 is 6.07. The number of nitrogens with one attached hydrogen (secondary N) is 1. The minimum atomic E-state index is -0.428. The van der Waals surface area contributed by atoms with Crippen LogP contribution in [0.5, 0.6) is 0 Å². The van der Waals surface area contributed by atoms with Crippen molar-refractivity contribution in [2.24, 2.45) is 0 Å². The highest BCUT2D eigenvalue weighted by Crippen LogP contribution is 2.35. The van der Waals surface area contributed by atoms with E-state index < -0.39 is 5.60 Å². The van der Waals surface area contributed by atoms with Gasteiger partial charge in [-0.3, -0.25) is 4.79 Å². The molecular weight excluding hydrogens is 334 g/mol. The van der Waals surface area contributed by atoms with Crippen LogP contribution in [0.2, 0.25) is 0 Å². The number of hydrogen-bond donors (Lipinski definition) is 1. The predicted molar refractivity (Wildman–Crippen MR) is 113 cm³/mol. The fraction of sp³-hybridized carbons (Fsp3) is 0.708. The van der Waals surface area contributed by atoms with Crippen LogP contribution < -0.4 is 5.32 Å². The number of carbonyl (C=O) groups excluding carboxylic acids is 1. The van der Waals surface area contributed by atoms with Crippen molar-refractivity contribution in [2.45, 2.75) is 96.0 Å². The molecule has 1 N–H and O–H groups in total. The molecule has 0 amide bonds. The number of carbonyl (C=O) groups is 1. The van der Waals surface area contributed by atoms with E-state index in [1.165, 1.54) is 51.4 Å². The summed E-state index contributed by atoms with van der Waals surface area (Å²) in [5.74, 6) is -0.0275. The van der Waals surface area contributed by atoms with Gasteiger partial charge >= 0.3 is 5.97 Å². The molecule has 1 aromatic rings. The molecule has 0 spiro atoms. The Bertz CT molecular complexity index is 508. The van der Waals surface area contributed by atoms with Gasteiger partial charge < -0.3 is 10.1 Å². The van der Waals surface area contributed by atoms with Gasteiger partial charge in [0.1, 0.15) is 5.60 Å². The molecule has 3 heteroatoms. The van der Waals surface area contributed by atoms with Crippen LogP contribution in [0.25, 0.3) is 0 Å². The monoisotopic (exact) mass is 373 g/mol. The molecular formula is C24H39NO2. The lowest BCUT2D eigenvalue weighted by Crippen LogP contribution is -2.43. The van der Waals surface area contributed by atoms with Crippen LogP contribution in [0.3, 0.4) is 0 Å². The van der Waals surface area contributed by atoms with E-state index in [1.807, 2.05) is 18.2 Å². The zero-order valence-electron chi connectivity index (χ0n) is 17.3. The van der Waals surface area contributed by atoms with Gasteiger partial charge in [-0.1, -0.05) is 95.0 Å². The summed E-state index contributed by atoms with van der Waals surface area (Å²) in [4.78, 5) is 12.5. The Morgan fingerprint density at radius 1 is 0.889 bits per heavy atom. The maximum absolute atomic E-state index is 12.5. The quantitative estimate of drug-likeness (QED) is 0.334. The molecule has 27 heavy (non-hydrogen) atoms. The number of rotatable bonds is 13. The number of unbranched alkanes of at least 4 members (excludes halogenated alkanes) is 9. The number of piperidine rings is 1. The molecule has 1 aliphatic rings. The highest BCUT2D eigenvalue weighted by molar-refractivity contribution is 5.70. The summed E-state index contributed by atoms with van der Waals surface area (Å²) >= 11 is 0. The molecule has 1 aromatic carbocycles. The maximum Gasteiger partial charge on any atom is 0.306 e. The third-order valence-corrected chi connectivity index (χ3v) is 5.75. The van der Waals surface area contributed by atoms with Gasteiger partial charge in [0.2, 0.25) is 0 Å². The van der Waals surface area contributed by atoms with Gasteiger partial charge in [-0.05, 0) is 25.1 Å². The zero-order valence-corrected chi connectivity index (χ0v) is 17.3. The number of esters is 1. The predicted octanol–water partition coefficient (Wildman–Crippen LogP) is 6.12. The van der Waals surface area contributed by atoms with Crippen LogP contribution in [0.15, 0.2) is 30.3 Å². The molecule has 0 aromatic heterocycles. The van der Waals surface area contributed by atoms with Gasteiger partial charge in [-0.15, -0.1) is 0 Å². The van der Waals surface area contributed by atoms with Crippen molar-refractivity contribution in [2.75, 3.05) is 13.1 Å². The van der Waals surface area contributed by atoms with Crippen molar-refractivity contribution < 1.29 is 9.53 Å². The Morgan fingerprint density at radius 3 is 2.04 bits per heavy atom. The van der Waals surface area contributed by atoms with Crippen LogP contribution in [0.4, 0.5) is 0 Å². The van der Waals surface area contributed by atoms with Gasteiger partial charge in [-0.2, -0.15) is 0 Å². The molecule has 0 aliphatic carbocycles. The van der Waals surface area contributed by atoms with E-state index >= 15 is 0 Å². The van der Waals surface area contributed by atoms with Gasteiger partial charge in [0.25, 0.3) is 0 Å². The van der Waals surface area contributed by atoms with Gasteiger partial charge in [0.05, 0.1) is 0 Å². The van der Waals surface area contributed by atoms with E-state index in [0.717, 1.165) is 44.3 Å². The second-order valence-corrected chi connectivity index (χ2v) is 8.02. The van der Waals surface area contributed by atoms with E-state index in [0.29, 0.717) is 6.42 Å². The van der Waals surface area contributed by atoms with E-state index in [-0.39, 0.29) is 5.97 Å². The zero-order chi connectivity index (χ0) is 19.2. The molecule has 0 radical (unpaired) electrons. The lowest BCUT2D eigenvalue weighted by molar-refractivity contribution is -0.164. The van der Waals surface area contributed by atoms with Gasteiger partial charge in [0, 0.05) is 19.3 Å². The van der Waals surface area contributed by atoms with Gasteiger partial charge in [0.15, 0.2) is 0 Å². The Balaban J connectivity index is 1.63. The standard InChI is InChI=1S/C24H39NO2/c1-2-3-4-5-6-7-8-9-10-14-17-23(26)27-24(18-20-25-21-19-24)22-15-12-11-13-16-22/h11-13,15-16,25H,2-10,14,17-21H2,1H3. The van der Waals surface area contributed by atoms with Crippen LogP contribution in [0, 0.1) is 0 Å². The molecule has 0 unspecified atom stereocenters. The Labute approximate surface area is 166 Å². The minimum Gasteiger partial charge on any atom is -0.454 e. The van der Waals surface area contributed by atoms with Crippen molar-refractivity contribution in [3.8, 4) is 0 Å². The minimum absolute atomic E-state index is 0.0275. The summed E-state index contributed by atoms with van der Waals surface area (Å²) in [5, 5.41) is 3.38. The topological polar surface area (TPSA) is 38.3 Å². The van der Waals surface area contributed by atoms with E-state index in [9.17, 15) is 4.79 Å². The second-order valence-electron chi connectivity index (χ2n) is 8.02. The Kier molecular flexibility index (Phi) is 10.5. The lowest BCUT2D eigenvalue weighted by Gasteiger charge is -2.37. The van der Waals surface area contributed by atoms with Crippen molar-refractivity contribution >= 4 is 5.97 Å². The van der Waals surface area contributed by atoms with Gasteiger partial charge in [-0.25, -0.2) is 0 Å². The Hall–Kier alpha value is -1.35. The first-order valence-electron chi connectivity index (χ1n) is 11.2. The average Bonchev–Trinajstić information content (AvgIpc) is 2.71. The van der Waals surface area contributed by atoms with E-state index in [4.69, 9.17) is 4.74 Å². The van der Waals surface area contributed by atoms with E-state index in [1.54, 1.807) is 0 Å². The Morgan fingerprint density at radius 2 is 1.44 bits per heavy atom. The molecule has 1 heterocycles. The first-order valence-corrected chi connectivity index (χ1v) is 11.2. The van der Waals surface area contributed by atoms with Crippen LogP contribution in [-0.2, 0) is 15.1 Å². The highest BCUT2D eigenvalue weighted by Gasteiger charge is 2.37. The first-order chi connectivity index (χ1) is 13.3. The van der Waals surface area contributed by atoms with Crippen LogP contribution >= 0.6 is 0 Å².